The summed E-state index contributed by atoms with van der Waals surface area (Å²) in [6.07, 6.45) is 19.4. The highest BCUT2D eigenvalue weighted by Crippen LogP contribution is 2.43. The van der Waals surface area contributed by atoms with Crippen molar-refractivity contribution in [3.05, 3.63) is 12.2 Å². The smallest absolute Gasteiger partial charge is 0.0233 e. The Morgan fingerprint density at radius 3 is 2.75 bits per heavy atom. The Labute approximate surface area is 127 Å². The maximum absolute atomic E-state index is 2.53. The van der Waals surface area contributed by atoms with E-state index in [4.69, 9.17) is 0 Å². The summed E-state index contributed by atoms with van der Waals surface area (Å²) in [6, 6.07) is 0. The number of hydrogen-bond donors (Lipinski definition) is 0. The first-order valence-corrected chi connectivity index (χ1v) is 9.37. The van der Waals surface area contributed by atoms with E-state index in [0.717, 1.165) is 29.6 Å². The molecule has 4 unspecified atom stereocenters. The molecule has 2 aliphatic rings. The third-order valence-electron chi connectivity index (χ3n) is 6.14. The van der Waals surface area contributed by atoms with Gasteiger partial charge in [-0.25, -0.2) is 0 Å². The third-order valence-corrected chi connectivity index (χ3v) is 6.14. The molecule has 2 aliphatic carbocycles. The zero-order valence-electron chi connectivity index (χ0n) is 14.1. The van der Waals surface area contributed by atoms with Crippen molar-refractivity contribution in [1.82, 2.24) is 0 Å². The van der Waals surface area contributed by atoms with E-state index in [1.807, 2.05) is 0 Å². The fourth-order valence-electron chi connectivity index (χ4n) is 4.69. The summed E-state index contributed by atoms with van der Waals surface area (Å²) < 4.78 is 0. The summed E-state index contributed by atoms with van der Waals surface area (Å²) in [5.41, 5.74) is 0. The minimum absolute atomic E-state index is 0.909. The molecule has 0 amide bonds. The Bertz CT molecular complexity index is 290. The summed E-state index contributed by atoms with van der Waals surface area (Å²) in [7, 11) is 0. The highest BCUT2D eigenvalue weighted by molar-refractivity contribution is 4.92. The van der Waals surface area contributed by atoms with E-state index in [0.29, 0.717) is 0 Å². The van der Waals surface area contributed by atoms with Crippen LogP contribution in [0.1, 0.15) is 85.0 Å². The number of allylic oxidation sites excluding steroid dienone is 2. The van der Waals surface area contributed by atoms with E-state index in [-0.39, 0.29) is 0 Å². The Kier molecular flexibility index (Phi) is 6.65. The van der Waals surface area contributed by atoms with Crippen LogP contribution in [0.15, 0.2) is 12.2 Å². The van der Waals surface area contributed by atoms with Crippen LogP contribution in [0.2, 0.25) is 0 Å². The molecule has 0 saturated heterocycles. The van der Waals surface area contributed by atoms with Gasteiger partial charge in [-0.15, -0.1) is 0 Å². The molecule has 0 radical (unpaired) electrons. The van der Waals surface area contributed by atoms with E-state index in [1.54, 1.807) is 0 Å². The summed E-state index contributed by atoms with van der Waals surface area (Å²) in [6.45, 7) is 7.38. The van der Waals surface area contributed by atoms with Crippen molar-refractivity contribution >= 4 is 0 Å². The standard InChI is InChI=1S/C20H36/c1-4-9-19-15-20(14-17(19)3)16(2)10-8-13-18-11-6-5-7-12-18/h6,11,16-20H,4-5,7-10,12-15H2,1-3H3/t16?,17-,18?,19?,20?/m1/s1. The van der Waals surface area contributed by atoms with Crippen molar-refractivity contribution in [3.63, 3.8) is 0 Å². The zero-order chi connectivity index (χ0) is 14.4. The van der Waals surface area contributed by atoms with Gasteiger partial charge in [0.05, 0.1) is 0 Å². The zero-order valence-corrected chi connectivity index (χ0v) is 14.1. The fraction of sp³-hybridized carbons (Fsp3) is 0.900. The average molecular weight is 277 g/mol. The highest BCUT2D eigenvalue weighted by Gasteiger charge is 2.33. The molecule has 2 rings (SSSR count). The van der Waals surface area contributed by atoms with Crippen LogP contribution in [0.25, 0.3) is 0 Å². The molecule has 5 atom stereocenters. The maximum Gasteiger partial charge on any atom is -0.0233 e. The normalized spacial score (nSPS) is 35.4. The maximum atomic E-state index is 2.53. The minimum atomic E-state index is 0.909. The second-order valence-corrected chi connectivity index (χ2v) is 7.78. The van der Waals surface area contributed by atoms with Gasteiger partial charge in [-0.3, -0.25) is 0 Å². The Morgan fingerprint density at radius 2 is 2.05 bits per heavy atom. The second kappa shape index (κ2) is 8.25. The topological polar surface area (TPSA) is 0 Å². The Balaban J connectivity index is 1.66. The van der Waals surface area contributed by atoms with Crippen LogP contribution in [0.3, 0.4) is 0 Å². The van der Waals surface area contributed by atoms with Crippen molar-refractivity contribution in [1.29, 1.82) is 0 Å². The largest absolute Gasteiger partial charge is 0.0883 e. The summed E-state index contributed by atoms with van der Waals surface area (Å²) in [5, 5.41) is 0. The van der Waals surface area contributed by atoms with Crippen LogP contribution in [0.4, 0.5) is 0 Å². The number of rotatable bonds is 7. The molecule has 0 heterocycles. The van der Waals surface area contributed by atoms with Crippen LogP contribution in [0, 0.1) is 29.6 Å². The van der Waals surface area contributed by atoms with E-state index in [2.05, 4.69) is 32.9 Å². The Hall–Kier alpha value is -0.260. The van der Waals surface area contributed by atoms with Crippen LogP contribution >= 0.6 is 0 Å². The minimum Gasteiger partial charge on any atom is -0.0883 e. The molecule has 0 aromatic carbocycles. The molecule has 0 spiro atoms. The van der Waals surface area contributed by atoms with Crippen LogP contribution < -0.4 is 0 Å². The van der Waals surface area contributed by atoms with Crippen molar-refractivity contribution < 1.29 is 0 Å². The molecule has 116 valence electrons. The van der Waals surface area contributed by atoms with E-state index >= 15 is 0 Å². The van der Waals surface area contributed by atoms with Gasteiger partial charge in [0.1, 0.15) is 0 Å². The van der Waals surface area contributed by atoms with Crippen LogP contribution in [0.5, 0.6) is 0 Å². The van der Waals surface area contributed by atoms with E-state index in [1.165, 1.54) is 64.2 Å². The van der Waals surface area contributed by atoms with Crippen LogP contribution in [-0.2, 0) is 0 Å². The summed E-state index contributed by atoms with van der Waals surface area (Å²) in [5.74, 6) is 4.93. The molecular formula is C20H36. The van der Waals surface area contributed by atoms with Gasteiger partial charge in [-0.05, 0) is 68.1 Å². The van der Waals surface area contributed by atoms with Crippen molar-refractivity contribution in [2.24, 2.45) is 29.6 Å². The summed E-state index contributed by atoms with van der Waals surface area (Å²) >= 11 is 0. The molecule has 1 saturated carbocycles. The molecule has 1 fully saturated rings. The molecule has 0 aliphatic heterocycles. The van der Waals surface area contributed by atoms with Gasteiger partial charge in [0.15, 0.2) is 0 Å². The monoisotopic (exact) mass is 276 g/mol. The first-order valence-electron chi connectivity index (χ1n) is 9.37. The number of hydrogen-bond acceptors (Lipinski definition) is 0. The molecule has 0 aromatic rings. The van der Waals surface area contributed by atoms with Crippen LogP contribution in [-0.4, -0.2) is 0 Å². The molecule has 0 aromatic heterocycles. The molecular weight excluding hydrogens is 240 g/mol. The summed E-state index contributed by atoms with van der Waals surface area (Å²) in [4.78, 5) is 0. The molecule has 20 heavy (non-hydrogen) atoms. The predicted octanol–water partition coefficient (Wildman–Crippen LogP) is 6.61. The average Bonchev–Trinajstić information content (AvgIpc) is 2.82. The van der Waals surface area contributed by atoms with Crippen molar-refractivity contribution in [2.45, 2.75) is 85.0 Å². The lowest BCUT2D eigenvalue weighted by molar-refractivity contribution is 0.313. The highest BCUT2D eigenvalue weighted by atomic mass is 14.4. The lowest BCUT2D eigenvalue weighted by Gasteiger charge is -2.21. The van der Waals surface area contributed by atoms with Gasteiger partial charge < -0.3 is 0 Å². The van der Waals surface area contributed by atoms with E-state index in [9.17, 15) is 0 Å². The lowest BCUT2D eigenvalue weighted by atomic mass is 9.84. The van der Waals surface area contributed by atoms with Gasteiger partial charge in [-0.1, -0.05) is 58.6 Å². The predicted molar refractivity (Wildman–Crippen MR) is 89.8 cm³/mol. The molecule has 0 bridgehead atoms. The van der Waals surface area contributed by atoms with Gasteiger partial charge in [-0.2, -0.15) is 0 Å². The first-order chi connectivity index (χ1) is 9.70. The second-order valence-electron chi connectivity index (χ2n) is 7.78. The molecule has 0 heteroatoms. The van der Waals surface area contributed by atoms with Crippen molar-refractivity contribution in [2.75, 3.05) is 0 Å². The van der Waals surface area contributed by atoms with Gasteiger partial charge in [0, 0.05) is 0 Å². The lowest BCUT2D eigenvalue weighted by Crippen LogP contribution is -2.10. The third kappa shape index (κ3) is 4.64. The van der Waals surface area contributed by atoms with Crippen molar-refractivity contribution in [3.8, 4) is 0 Å². The first kappa shape index (κ1) is 16.1. The quantitative estimate of drug-likeness (QED) is 0.459. The molecule has 0 nitrogen and oxygen atoms in total. The Morgan fingerprint density at radius 1 is 1.20 bits per heavy atom. The SMILES string of the molecule is CCCC1CC(C(C)CCCC2C=CCCC2)C[C@H]1C. The van der Waals surface area contributed by atoms with Gasteiger partial charge in [0.25, 0.3) is 0 Å². The van der Waals surface area contributed by atoms with E-state index < -0.39 is 0 Å². The van der Waals surface area contributed by atoms with Gasteiger partial charge in [0.2, 0.25) is 0 Å². The fourth-order valence-corrected chi connectivity index (χ4v) is 4.69. The van der Waals surface area contributed by atoms with Gasteiger partial charge >= 0.3 is 0 Å². The molecule has 0 N–H and O–H groups in total.